The van der Waals surface area contributed by atoms with E-state index < -0.39 is 24.0 Å². The van der Waals surface area contributed by atoms with Crippen molar-refractivity contribution in [1.29, 1.82) is 0 Å². The number of pyridine rings is 1. The number of aromatic hydroxyl groups is 1. The molecule has 4 nitrogen and oxygen atoms in total. The Bertz CT molecular complexity index is 1040. The van der Waals surface area contributed by atoms with Gasteiger partial charge in [-0.25, -0.2) is 0 Å². The molecule has 2 aromatic carbocycles. The molecule has 0 saturated heterocycles. The SMILES string of the molecule is CCSCC(O)(Cc1ccc(O)cc1Nc1cccc2nc(C)ccc12)C(F)(F)F. The van der Waals surface area contributed by atoms with Gasteiger partial charge in [0.1, 0.15) is 5.75 Å². The topological polar surface area (TPSA) is 65.4 Å². The number of nitrogens with zero attached hydrogens (tertiary/aromatic N) is 1. The van der Waals surface area contributed by atoms with Crippen molar-refractivity contribution < 1.29 is 23.4 Å². The van der Waals surface area contributed by atoms with E-state index in [0.29, 0.717) is 17.1 Å². The van der Waals surface area contributed by atoms with Crippen LogP contribution in [0, 0.1) is 6.92 Å². The minimum Gasteiger partial charge on any atom is -0.508 e. The summed E-state index contributed by atoms with van der Waals surface area (Å²) >= 11 is 1.03. The number of thioether (sulfide) groups is 1. The highest BCUT2D eigenvalue weighted by molar-refractivity contribution is 7.99. The van der Waals surface area contributed by atoms with Gasteiger partial charge in [-0.2, -0.15) is 24.9 Å². The smallest absolute Gasteiger partial charge is 0.418 e. The van der Waals surface area contributed by atoms with Crippen molar-refractivity contribution in [3.05, 3.63) is 59.8 Å². The molecule has 3 aromatic rings. The number of aromatic nitrogens is 1. The number of rotatable bonds is 7. The number of aliphatic hydroxyl groups is 1. The number of phenols is 1. The molecule has 1 aromatic heterocycles. The van der Waals surface area contributed by atoms with E-state index in [1.165, 1.54) is 18.2 Å². The van der Waals surface area contributed by atoms with Gasteiger partial charge in [-0.05, 0) is 48.6 Å². The van der Waals surface area contributed by atoms with E-state index in [0.717, 1.165) is 28.4 Å². The first-order chi connectivity index (χ1) is 14.1. The lowest BCUT2D eigenvalue weighted by atomic mass is 9.94. The third-order valence-electron chi connectivity index (χ3n) is 4.79. The first-order valence-corrected chi connectivity index (χ1v) is 10.6. The third kappa shape index (κ3) is 4.82. The van der Waals surface area contributed by atoms with Gasteiger partial charge in [0.25, 0.3) is 0 Å². The Morgan fingerprint density at radius 1 is 1.07 bits per heavy atom. The van der Waals surface area contributed by atoms with Crippen LogP contribution in [0.2, 0.25) is 0 Å². The zero-order valence-corrected chi connectivity index (χ0v) is 17.4. The molecule has 0 aliphatic rings. The van der Waals surface area contributed by atoms with Gasteiger partial charge >= 0.3 is 6.18 Å². The predicted octanol–water partition coefficient (Wildman–Crippen LogP) is 5.58. The quantitative estimate of drug-likeness (QED) is 0.451. The number of aryl methyl sites for hydroxylation is 1. The van der Waals surface area contributed by atoms with E-state index in [2.05, 4.69) is 10.3 Å². The van der Waals surface area contributed by atoms with Gasteiger partial charge in [-0.1, -0.05) is 19.1 Å². The number of hydrogen-bond acceptors (Lipinski definition) is 5. The Labute approximate surface area is 177 Å². The van der Waals surface area contributed by atoms with Crippen molar-refractivity contribution in [2.24, 2.45) is 0 Å². The molecule has 1 atom stereocenters. The summed E-state index contributed by atoms with van der Waals surface area (Å²) in [6.07, 6.45) is -5.42. The molecule has 160 valence electrons. The van der Waals surface area contributed by atoms with Crippen molar-refractivity contribution in [3.8, 4) is 5.75 Å². The van der Waals surface area contributed by atoms with Gasteiger partial charge in [0.2, 0.25) is 0 Å². The molecule has 0 radical (unpaired) electrons. The van der Waals surface area contributed by atoms with Crippen LogP contribution in [0.5, 0.6) is 5.75 Å². The zero-order chi connectivity index (χ0) is 21.9. The second-order valence-corrected chi connectivity index (χ2v) is 8.41. The second kappa shape index (κ2) is 8.73. The fourth-order valence-corrected chi connectivity index (χ4v) is 3.97. The summed E-state index contributed by atoms with van der Waals surface area (Å²) in [4.78, 5) is 4.46. The number of benzene rings is 2. The van der Waals surface area contributed by atoms with Crippen molar-refractivity contribution in [2.75, 3.05) is 16.8 Å². The van der Waals surface area contributed by atoms with Crippen LogP contribution in [0.25, 0.3) is 10.9 Å². The fraction of sp³-hybridized carbons (Fsp3) is 0.318. The summed E-state index contributed by atoms with van der Waals surface area (Å²) in [7, 11) is 0. The average Bonchev–Trinajstić information content (AvgIpc) is 2.67. The van der Waals surface area contributed by atoms with Gasteiger partial charge in [0.15, 0.2) is 5.60 Å². The number of fused-ring (bicyclic) bond motifs is 1. The summed E-state index contributed by atoms with van der Waals surface area (Å²) in [6.45, 7) is 3.62. The molecule has 3 rings (SSSR count). The van der Waals surface area contributed by atoms with E-state index in [-0.39, 0.29) is 11.3 Å². The highest BCUT2D eigenvalue weighted by Crippen LogP contribution is 2.39. The van der Waals surface area contributed by atoms with Crippen LogP contribution < -0.4 is 5.32 Å². The number of halogens is 3. The largest absolute Gasteiger partial charge is 0.508 e. The third-order valence-corrected chi connectivity index (χ3v) is 5.88. The van der Waals surface area contributed by atoms with E-state index >= 15 is 0 Å². The zero-order valence-electron chi connectivity index (χ0n) is 16.6. The Morgan fingerprint density at radius 3 is 2.53 bits per heavy atom. The molecular weight excluding hydrogens is 413 g/mol. The van der Waals surface area contributed by atoms with Crippen molar-refractivity contribution in [1.82, 2.24) is 4.98 Å². The van der Waals surface area contributed by atoms with Crippen molar-refractivity contribution in [3.63, 3.8) is 0 Å². The first-order valence-electron chi connectivity index (χ1n) is 9.45. The van der Waals surface area contributed by atoms with Crippen molar-refractivity contribution in [2.45, 2.75) is 32.0 Å². The summed E-state index contributed by atoms with van der Waals surface area (Å²) in [5, 5.41) is 24.3. The standard InChI is InChI=1S/C22H23F3N2O2S/c1-3-30-13-21(29,22(23,24)25)12-15-8-9-16(28)11-20(15)27-19-6-4-5-18-17(19)10-7-14(2)26-18/h4-11,27-29H,3,12-13H2,1-2H3. The van der Waals surface area contributed by atoms with E-state index in [1.807, 2.05) is 25.1 Å². The highest BCUT2D eigenvalue weighted by atomic mass is 32.2. The van der Waals surface area contributed by atoms with E-state index in [4.69, 9.17) is 0 Å². The Balaban J connectivity index is 2.00. The minimum absolute atomic E-state index is 0.0889. The molecule has 0 aliphatic heterocycles. The lowest BCUT2D eigenvalue weighted by Gasteiger charge is -2.31. The molecule has 3 N–H and O–H groups in total. The van der Waals surface area contributed by atoms with Crippen LogP contribution in [0.1, 0.15) is 18.2 Å². The van der Waals surface area contributed by atoms with E-state index in [1.54, 1.807) is 19.1 Å². The summed E-state index contributed by atoms with van der Waals surface area (Å²) in [6, 6.07) is 13.2. The lowest BCUT2D eigenvalue weighted by molar-refractivity contribution is -0.249. The molecule has 30 heavy (non-hydrogen) atoms. The summed E-state index contributed by atoms with van der Waals surface area (Å²) < 4.78 is 41.0. The normalized spacial score (nSPS) is 13.9. The monoisotopic (exact) mass is 436 g/mol. The average molecular weight is 436 g/mol. The number of nitrogens with one attached hydrogen (secondary N) is 1. The fourth-order valence-electron chi connectivity index (χ4n) is 3.16. The number of hydrogen-bond donors (Lipinski definition) is 3. The van der Waals surface area contributed by atoms with Crippen LogP contribution in [0.4, 0.5) is 24.5 Å². The van der Waals surface area contributed by atoms with Crippen LogP contribution in [-0.4, -0.2) is 38.5 Å². The van der Waals surface area contributed by atoms with Gasteiger partial charge in [-0.3, -0.25) is 4.98 Å². The maximum Gasteiger partial charge on any atom is 0.418 e. The number of phenolic OH excluding ortho intramolecular Hbond substituents is 1. The minimum atomic E-state index is -4.79. The Kier molecular flexibility index (Phi) is 6.47. The molecule has 1 unspecified atom stereocenters. The van der Waals surface area contributed by atoms with Gasteiger partial charge in [-0.15, -0.1) is 0 Å². The van der Waals surface area contributed by atoms with Crippen LogP contribution >= 0.6 is 11.8 Å². The maximum absolute atomic E-state index is 13.7. The van der Waals surface area contributed by atoms with Gasteiger partial charge in [0.05, 0.1) is 5.52 Å². The predicted molar refractivity (Wildman–Crippen MR) is 116 cm³/mol. The van der Waals surface area contributed by atoms with Crippen LogP contribution in [0.15, 0.2) is 48.5 Å². The molecule has 0 aliphatic carbocycles. The molecule has 0 fully saturated rings. The number of anilines is 2. The van der Waals surface area contributed by atoms with Gasteiger partial charge in [0, 0.05) is 40.7 Å². The first kappa shape index (κ1) is 22.2. The maximum atomic E-state index is 13.7. The van der Waals surface area contributed by atoms with E-state index in [9.17, 15) is 23.4 Å². The summed E-state index contributed by atoms with van der Waals surface area (Å²) in [5.41, 5.74) is -0.0911. The molecule has 8 heteroatoms. The number of alkyl halides is 3. The second-order valence-electron chi connectivity index (χ2n) is 7.13. The van der Waals surface area contributed by atoms with Gasteiger partial charge < -0.3 is 15.5 Å². The molecule has 1 heterocycles. The van der Waals surface area contributed by atoms with Crippen molar-refractivity contribution >= 4 is 34.0 Å². The molecule has 0 bridgehead atoms. The highest BCUT2D eigenvalue weighted by Gasteiger charge is 2.53. The lowest BCUT2D eigenvalue weighted by Crippen LogP contribution is -2.49. The molecule has 0 amide bonds. The molecule has 0 saturated carbocycles. The Hall–Kier alpha value is -2.45. The van der Waals surface area contributed by atoms with Crippen LogP contribution in [-0.2, 0) is 6.42 Å². The Morgan fingerprint density at radius 2 is 1.83 bits per heavy atom. The summed E-state index contributed by atoms with van der Waals surface area (Å²) in [5.74, 6) is -0.0966. The van der Waals surface area contributed by atoms with Crippen LogP contribution in [0.3, 0.4) is 0 Å². The molecule has 0 spiro atoms. The molecular formula is C22H23F3N2O2S.